The molecule has 2 unspecified atom stereocenters. The maximum absolute atomic E-state index is 8.72. The van der Waals surface area contributed by atoms with E-state index in [9.17, 15) is 0 Å². The Kier molecular flexibility index (Phi) is 5.27. The molecule has 0 radical (unpaired) electrons. The summed E-state index contributed by atoms with van der Waals surface area (Å²) in [7, 11) is 0. The minimum absolute atomic E-state index is 0.684. The second kappa shape index (κ2) is 7.19. The average Bonchev–Trinajstić information content (AvgIpc) is 2.46. The van der Waals surface area contributed by atoms with Crippen LogP contribution in [0.2, 0.25) is 0 Å². The predicted molar refractivity (Wildman–Crippen MR) is 77.0 cm³/mol. The summed E-state index contributed by atoms with van der Waals surface area (Å²) in [4.78, 5) is 0. The van der Waals surface area contributed by atoms with Gasteiger partial charge in [0.15, 0.2) is 0 Å². The third-order valence-electron chi connectivity index (χ3n) is 4.26. The van der Waals surface area contributed by atoms with E-state index in [2.05, 4.69) is 13.0 Å². The van der Waals surface area contributed by atoms with E-state index >= 15 is 0 Å². The van der Waals surface area contributed by atoms with Crippen molar-refractivity contribution in [1.29, 1.82) is 5.26 Å². The number of hydrogen-bond acceptors (Lipinski definition) is 2. The van der Waals surface area contributed by atoms with E-state index in [4.69, 9.17) is 10.00 Å². The average molecular weight is 257 g/mol. The van der Waals surface area contributed by atoms with Crippen LogP contribution in [0, 0.1) is 23.2 Å². The molecule has 2 heteroatoms. The van der Waals surface area contributed by atoms with Gasteiger partial charge in [0, 0.05) is 0 Å². The van der Waals surface area contributed by atoms with Crippen LogP contribution in [0.25, 0.3) is 0 Å². The van der Waals surface area contributed by atoms with Gasteiger partial charge in [0.05, 0.1) is 18.2 Å². The summed E-state index contributed by atoms with van der Waals surface area (Å²) < 4.78 is 5.72. The lowest BCUT2D eigenvalue weighted by molar-refractivity contribution is 0.217. The topological polar surface area (TPSA) is 33.0 Å². The molecule has 2 nitrogen and oxygen atoms in total. The lowest BCUT2D eigenvalue weighted by Gasteiger charge is -2.28. The lowest BCUT2D eigenvalue weighted by Crippen LogP contribution is -2.17. The van der Waals surface area contributed by atoms with E-state index < -0.39 is 0 Å². The Labute approximate surface area is 116 Å². The van der Waals surface area contributed by atoms with Crippen molar-refractivity contribution >= 4 is 0 Å². The maximum atomic E-state index is 8.72. The smallest absolute Gasteiger partial charge is 0.119 e. The van der Waals surface area contributed by atoms with Crippen LogP contribution < -0.4 is 4.74 Å². The Bertz CT molecular complexity index is 418. The Balaban J connectivity index is 1.67. The first kappa shape index (κ1) is 13.9. The van der Waals surface area contributed by atoms with Crippen LogP contribution in [0.1, 0.15) is 51.0 Å². The molecule has 1 saturated carbocycles. The van der Waals surface area contributed by atoms with Gasteiger partial charge in [-0.2, -0.15) is 5.26 Å². The lowest BCUT2D eigenvalue weighted by atomic mass is 9.78. The highest BCUT2D eigenvalue weighted by molar-refractivity contribution is 5.34. The van der Waals surface area contributed by atoms with Crippen molar-refractivity contribution < 1.29 is 4.74 Å². The zero-order chi connectivity index (χ0) is 13.5. The van der Waals surface area contributed by atoms with E-state index in [1.54, 1.807) is 12.1 Å². The molecule has 2 rings (SSSR count). The number of rotatable bonds is 5. The van der Waals surface area contributed by atoms with Gasteiger partial charge in [-0.1, -0.05) is 32.6 Å². The van der Waals surface area contributed by atoms with Gasteiger partial charge in [0.2, 0.25) is 0 Å². The molecule has 0 bridgehead atoms. The molecule has 0 heterocycles. The van der Waals surface area contributed by atoms with E-state index in [0.717, 1.165) is 30.6 Å². The van der Waals surface area contributed by atoms with E-state index in [0.29, 0.717) is 5.56 Å². The highest BCUT2D eigenvalue weighted by Crippen LogP contribution is 2.32. The summed E-state index contributed by atoms with van der Waals surface area (Å²) in [6.45, 7) is 3.18. The summed E-state index contributed by atoms with van der Waals surface area (Å²) in [6.07, 6.45) is 8.05. The van der Waals surface area contributed by atoms with E-state index in [1.807, 2.05) is 12.1 Å². The Morgan fingerprint density at radius 2 is 1.95 bits per heavy atom. The van der Waals surface area contributed by atoms with E-state index in [-0.39, 0.29) is 0 Å². The molecule has 1 aliphatic carbocycles. The molecule has 0 N–H and O–H groups in total. The molecule has 0 aromatic heterocycles. The van der Waals surface area contributed by atoms with Crippen LogP contribution in [-0.4, -0.2) is 6.61 Å². The number of hydrogen-bond donors (Lipinski definition) is 0. The third kappa shape index (κ3) is 4.28. The number of benzene rings is 1. The quantitative estimate of drug-likeness (QED) is 0.725. The molecule has 1 aliphatic rings. The molecule has 1 fully saturated rings. The highest BCUT2D eigenvalue weighted by Gasteiger charge is 2.20. The molecule has 1 aromatic carbocycles. The standard InChI is InChI=1S/C17H23NO/c1-14-5-2-3-6-16(14)7-4-12-19-17-10-8-15(13-18)9-11-17/h8-11,14,16H,2-7,12H2,1H3. The van der Waals surface area contributed by atoms with Gasteiger partial charge in [-0.15, -0.1) is 0 Å². The Hall–Kier alpha value is -1.49. The predicted octanol–water partition coefficient (Wildman–Crippen LogP) is 4.54. The van der Waals surface area contributed by atoms with Crippen LogP contribution in [-0.2, 0) is 0 Å². The van der Waals surface area contributed by atoms with Crippen LogP contribution in [0.4, 0.5) is 0 Å². The molecule has 2 atom stereocenters. The number of nitrogens with zero attached hydrogens (tertiary/aromatic N) is 1. The van der Waals surface area contributed by atoms with Crippen molar-refractivity contribution in [2.75, 3.05) is 6.61 Å². The minimum Gasteiger partial charge on any atom is -0.494 e. The monoisotopic (exact) mass is 257 g/mol. The van der Waals surface area contributed by atoms with Crippen molar-refractivity contribution in [3.63, 3.8) is 0 Å². The second-order valence-corrected chi connectivity index (χ2v) is 5.65. The van der Waals surface area contributed by atoms with Gasteiger partial charge in [0.25, 0.3) is 0 Å². The molecule has 1 aromatic rings. The molecule has 0 spiro atoms. The van der Waals surface area contributed by atoms with Crippen LogP contribution in [0.3, 0.4) is 0 Å². The van der Waals surface area contributed by atoms with Gasteiger partial charge < -0.3 is 4.74 Å². The minimum atomic E-state index is 0.684. The summed E-state index contributed by atoms with van der Waals surface area (Å²) in [5.74, 6) is 2.66. The summed E-state index contributed by atoms with van der Waals surface area (Å²) in [5.41, 5.74) is 0.684. The van der Waals surface area contributed by atoms with Crippen LogP contribution in [0.5, 0.6) is 5.75 Å². The van der Waals surface area contributed by atoms with Gasteiger partial charge in [0.1, 0.15) is 5.75 Å². The Morgan fingerprint density at radius 3 is 2.63 bits per heavy atom. The molecule has 102 valence electrons. The fourth-order valence-electron chi connectivity index (χ4n) is 2.98. The van der Waals surface area contributed by atoms with Gasteiger partial charge in [-0.05, 0) is 48.9 Å². The first-order valence-electron chi connectivity index (χ1n) is 7.42. The first-order valence-corrected chi connectivity index (χ1v) is 7.42. The highest BCUT2D eigenvalue weighted by atomic mass is 16.5. The number of nitriles is 1. The summed E-state index contributed by atoms with van der Waals surface area (Å²) >= 11 is 0. The molecule has 19 heavy (non-hydrogen) atoms. The van der Waals surface area contributed by atoms with Crippen LogP contribution in [0.15, 0.2) is 24.3 Å². The van der Waals surface area contributed by atoms with Gasteiger partial charge >= 0.3 is 0 Å². The zero-order valence-corrected chi connectivity index (χ0v) is 11.8. The largest absolute Gasteiger partial charge is 0.494 e. The zero-order valence-electron chi connectivity index (χ0n) is 11.8. The summed E-state index contributed by atoms with van der Waals surface area (Å²) in [6, 6.07) is 9.48. The van der Waals surface area contributed by atoms with Crippen molar-refractivity contribution in [3.05, 3.63) is 29.8 Å². The van der Waals surface area contributed by atoms with E-state index in [1.165, 1.54) is 32.1 Å². The van der Waals surface area contributed by atoms with Gasteiger partial charge in [-0.3, -0.25) is 0 Å². The van der Waals surface area contributed by atoms with Crippen molar-refractivity contribution in [1.82, 2.24) is 0 Å². The van der Waals surface area contributed by atoms with Crippen molar-refractivity contribution in [2.24, 2.45) is 11.8 Å². The fraction of sp³-hybridized carbons (Fsp3) is 0.588. The van der Waals surface area contributed by atoms with Gasteiger partial charge in [-0.25, -0.2) is 0 Å². The SMILES string of the molecule is CC1CCCCC1CCCOc1ccc(C#N)cc1. The molecule has 0 saturated heterocycles. The fourth-order valence-corrected chi connectivity index (χ4v) is 2.98. The summed E-state index contributed by atoms with van der Waals surface area (Å²) in [5, 5.41) is 8.72. The normalized spacial score (nSPS) is 22.7. The van der Waals surface area contributed by atoms with Crippen LogP contribution >= 0.6 is 0 Å². The second-order valence-electron chi connectivity index (χ2n) is 5.65. The first-order chi connectivity index (χ1) is 9.29. The molecule has 0 amide bonds. The number of ether oxygens (including phenoxy) is 1. The third-order valence-corrected chi connectivity index (χ3v) is 4.26. The van der Waals surface area contributed by atoms with Crippen molar-refractivity contribution in [3.8, 4) is 11.8 Å². The maximum Gasteiger partial charge on any atom is 0.119 e. The van der Waals surface area contributed by atoms with Crippen molar-refractivity contribution in [2.45, 2.75) is 45.4 Å². The Morgan fingerprint density at radius 1 is 1.21 bits per heavy atom. The molecular weight excluding hydrogens is 234 g/mol. The molecular formula is C17H23NO. The molecule has 0 aliphatic heterocycles.